The van der Waals surface area contributed by atoms with Crippen molar-refractivity contribution in [1.82, 2.24) is 9.55 Å². The van der Waals surface area contributed by atoms with Gasteiger partial charge in [0.25, 0.3) is 0 Å². The number of fused-ring (bicyclic) bond motifs is 3. The van der Waals surface area contributed by atoms with Crippen molar-refractivity contribution >= 4 is 33.4 Å². The van der Waals surface area contributed by atoms with Gasteiger partial charge in [0, 0.05) is 37.3 Å². The van der Waals surface area contributed by atoms with Gasteiger partial charge in [0.2, 0.25) is 0 Å². The number of aromatic nitrogens is 2. The van der Waals surface area contributed by atoms with Gasteiger partial charge in [-0.25, -0.2) is 13.9 Å². The van der Waals surface area contributed by atoms with E-state index in [1.807, 2.05) is 6.92 Å². The summed E-state index contributed by atoms with van der Waals surface area (Å²) >= 11 is 0. The lowest BCUT2D eigenvalue weighted by Crippen LogP contribution is -2.52. The number of unbranched alkanes of at least 4 members (excludes halogenated alkanes) is 12. The van der Waals surface area contributed by atoms with Gasteiger partial charge in [-0.1, -0.05) is 134 Å². The summed E-state index contributed by atoms with van der Waals surface area (Å²) in [6.45, 7) is 1.51. The van der Waals surface area contributed by atoms with Gasteiger partial charge >= 0.3 is 33.3 Å². The fraction of sp³-hybridized carbons (Fsp3) is 0.769. The predicted molar refractivity (Wildman–Crippen MR) is 282 cm³/mol. The molecular weight excluding hydrogens is 1020 g/mol. The average molecular weight is 1110 g/mol. The second-order valence-electron chi connectivity index (χ2n) is 19.7. The van der Waals surface area contributed by atoms with Crippen molar-refractivity contribution in [3.63, 3.8) is 0 Å². The minimum Gasteiger partial charge on any atom is -0.462 e. The molecule has 3 heterocycles. The van der Waals surface area contributed by atoms with E-state index >= 15 is 0 Å². The molecule has 12 atom stereocenters. The molecule has 2 bridgehead atoms. The predicted octanol–water partition coefficient (Wildman–Crippen LogP) is 7.94. The van der Waals surface area contributed by atoms with Crippen LogP contribution in [-0.2, 0) is 46.3 Å². The zero-order valence-electron chi connectivity index (χ0n) is 44.2. The van der Waals surface area contributed by atoms with Crippen LogP contribution in [0.2, 0.25) is 0 Å². The van der Waals surface area contributed by atoms with Gasteiger partial charge in [0.15, 0.2) is 6.10 Å². The molecule has 1 aromatic rings. The van der Waals surface area contributed by atoms with E-state index in [1.54, 1.807) is 0 Å². The van der Waals surface area contributed by atoms with Gasteiger partial charge in [-0.15, -0.1) is 0 Å². The summed E-state index contributed by atoms with van der Waals surface area (Å²) in [5.74, 6) is -4.01. The largest absolute Gasteiger partial charge is 0.481 e. The van der Waals surface area contributed by atoms with Crippen molar-refractivity contribution in [2.45, 2.75) is 223 Å². The fourth-order valence-corrected chi connectivity index (χ4v) is 11.1. The number of anilines is 1. The Morgan fingerprint density at radius 1 is 0.813 bits per heavy atom. The summed E-state index contributed by atoms with van der Waals surface area (Å²) in [5.41, 5.74) is 4.82. The Kier molecular flexibility index (Phi) is 32.5. The van der Waals surface area contributed by atoms with Crippen LogP contribution in [0.25, 0.3) is 0 Å². The molecule has 0 saturated carbocycles. The first-order valence-corrected chi connectivity index (χ1v) is 30.2. The lowest BCUT2D eigenvalue weighted by Gasteiger charge is -2.41. The Hall–Kier alpha value is -3.14. The molecule has 0 radical (unpaired) electrons. The van der Waals surface area contributed by atoms with Gasteiger partial charge in [0.05, 0.1) is 37.6 Å². The van der Waals surface area contributed by atoms with E-state index in [1.165, 1.54) is 43.7 Å². The number of allylic oxidation sites excluding steroid dienone is 4. The standard InChI is InChI=1S/C52H89N3O18P2/c1-3-5-7-8-9-10-11-12-13-14-15-16-17-18-19-20-26-30-48(60)71-40-36-68-47(59)29-25-22-21-24-28-42-44(58)35-43(57)41(32-31-39(56)27-23-6-4-2)49(61)50(62)45(38-70-75(66,67)73-74(64,65)69-37-40)72-51(42)55-34-33-46(53)54-52(55)63/h9-10,12-13,31-34,39-45,49-51,56-58,61-62H,3-8,11,14-30,35-38H2,1-2H3,(H,64,65)(H,66,67)(H2,53,54,63)/b10-9-,13-12-,32-31+/t39-,40+,41-,42-,43+,44-,45+,49-,50+,51+/m0/s1. The van der Waals surface area contributed by atoms with E-state index in [4.69, 9.17) is 29.0 Å². The Labute approximate surface area is 443 Å². The lowest BCUT2D eigenvalue weighted by molar-refractivity contribution is -0.195. The minimum atomic E-state index is -5.70. The highest BCUT2D eigenvalue weighted by molar-refractivity contribution is 7.61. The monoisotopic (exact) mass is 1110 g/mol. The number of carbonyl (C=O) groups excluding carboxylic acids is 2. The first kappa shape index (κ1) is 66.1. The van der Waals surface area contributed by atoms with E-state index in [9.17, 15) is 58.8 Å². The van der Waals surface area contributed by atoms with Crippen molar-refractivity contribution in [1.29, 1.82) is 0 Å². The maximum atomic E-state index is 13.4. The van der Waals surface area contributed by atoms with Crippen molar-refractivity contribution < 1.29 is 81.6 Å². The number of ether oxygens (including phenoxy) is 3. The molecule has 0 aromatic carbocycles. The lowest BCUT2D eigenvalue weighted by atomic mass is 9.82. The highest BCUT2D eigenvalue weighted by Gasteiger charge is 2.45. The SMILES string of the molecule is CCCCC/C=C\C/C=C\CCCCCCCCCC(=O)O[C@@H]1COC(=O)CCCCCC[C@@H]2[C@H](n3ccc(N)nc3=O)O[C@H](COP(=O)(O)OP(=O)(O)OC1)[C@@H](O)[C@@H](O)[C@@H](/C=C/[C@@H](O)CCCCC)[C@H](O)C[C@@H]2O. The number of carbonyl (C=O) groups is 2. The van der Waals surface area contributed by atoms with Crippen LogP contribution >= 0.6 is 15.6 Å². The van der Waals surface area contributed by atoms with E-state index in [2.05, 4.69) is 40.5 Å². The van der Waals surface area contributed by atoms with E-state index in [0.29, 0.717) is 44.9 Å². The van der Waals surface area contributed by atoms with Crippen molar-refractivity contribution in [3.05, 3.63) is 59.2 Å². The molecule has 21 nitrogen and oxygen atoms in total. The van der Waals surface area contributed by atoms with E-state index in [-0.39, 0.29) is 25.1 Å². The third-order valence-corrected chi connectivity index (χ3v) is 15.9. The number of phosphoric ester groups is 2. The number of nitrogen functional groups attached to an aromatic ring is 1. The van der Waals surface area contributed by atoms with Crippen molar-refractivity contribution in [2.75, 3.05) is 25.6 Å². The van der Waals surface area contributed by atoms with E-state index < -0.39 is 120 Å². The molecule has 75 heavy (non-hydrogen) atoms. The number of cyclic esters (lactones) is 1. The molecule has 3 rings (SSSR count). The Balaban J connectivity index is 1.75. The third kappa shape index (κ3) is 27.3. The van der Waals surface area contributed by atoms with Crippen LogP contribution in [0.3, 0.4) is 0 Å². The topological polar surface area (TPSA) is 326 Å². The van der Waals surface area contributed by atoms with Gasteiger partial charge in [-0.05, 0) is 63.9 Å². The minimum absolute atomic E-state index is 0.00173. The molecule has 0 spiro atoms. The third-order valence-electron chi connectivity index (χ3n) is 13.3. The van der Waals surface area contributed by atoms with Crippen LogP contribution in [0, 0.1) is 11.8 Å². The van der Waals surface area contributed by atoms with Crippen molar-refractivity contribution in [3.8, 4) is 0 Å². The zero-order chi connectivity index (χ0) is 55.1. The number of nitrogens with two attached hydrogens (primary N) is 1. The summed E-state index contributed by atoms with van der Waals surface area (Å²) in [6, 6.07) is 1.26. The van der Waals surface area contributed by atoms with Crippen LogP contribution in [0.5, 0.6) is 0 Å². The van der Waals surface area contributed by atoms with Crippen LogP contribution in [0.15, 0.2) is 53.5 Å². The zero-order valence-corrected chi connectivity index (χ0v) is 46.0. The highest BCUT2D eigenvalue weighted by Crippen LogP contribution is 2.60. The van der Waals surface area contributed by atoms with Crippen LogP contribution in [-0.4, -0.2) is 119 Å². The summed E-state index contributed by atoms with van der Waals surface area (Å²) in [5, 5.41) is 57.6. The van der Waals surface area contributed by atoms with Gasteiger partial charge in [-0.3, -0.25) is 23.2 Å². The fourth-order valence-electron chi connectivity index (χ4n) is 8.95. The molecule has 2 aliphatic rings. The van der Waals surface area contributed by atoms with Crippen LogP contribution in [0.4, 0.5) is 5.82 Å². The Morgan fingerprint density at radius 2 is 1.44 bits per heavy atom. The van der Waals surface area contributed by atoms with Crippen molar-refractivity contribution in [2.24, 2.45) is 11.8 Å². The molecule has 430 valence electrons. The van der Waals surface area contributed by atoms with Gasteiger partial charge in [-0.2, -0.15) is 9.29 Å². The molecule has 2 aliphatic heterocycles. The summed E-state index contributed by atoms with van der Waals surface area (Å²) in [7, 11) is -11.3. The Bertz CT molecular complexity index is 2020. The second kappa shape index (κ2) is 36.9. The average Bonchev–Trinajstić information content (AvgIpc) is 3.35. The molecule has 0 amide bonds. The molecule has 2 fully saturated rings. The first-order valence-electron chi connectivity index (χ1n) is 27.3. The molecular formula is C52H89N3O18P2. The number of nitrogens with zero attached hydrogens (tertiary/aromatic N) is 2. The molecule has 23 heteroatoms. The van der Waals surface area contributed by atoms with Gasteiger partial charge < -0.3 is 55.3 Å². The molecule has 1 aromatic heterocycles. The van der Waals surface area contributed by atoms with Gasteiger partial charge in [0.1, 0.15) is 30.9 Å². The number of esters is 2. The van der Waals surface area contributed by atoms with Crippen LogP contribution < -0.4 is 11.4 Å². The molecule has 0 aliphatic carbocycles. The quantitative estimate of drug-likeness (QED) is 0.0211. The summed E-state index contributed by atoms with van der Waals surface area (Å²) in [6.07, 6.45) is 17.0. The summed E-state index contributed by atoms with van der Waals surface area (Å²) in [4.78, 5) is 64.4. The normalized spacial score (nSPS) is 30.0. The number of hydrogen-bond acceptors (Lipinski definition) is 18. The maximum Gasteiger partial charge on any atom is 0.481 e. The number of phosphoric acid groups is 2. The smallest absolute Gasteiger partial charge is 0.462 e. The Morgan fingerprint density at radius 3 is 2.12 bits per heavy atom. The number of aliphatic hydroxyl groups excluding tert-OH is 5. The van der Waals surface area contributed by atoms with E-state index in [0.717, 1.165) is 75.2 Å². The molecule has 9 N–H and O–H groups in total. The van der Waals surface area contributed by atoms with Crippen LogP contribution in [0.1, 0.15) is 181 Å². The molecule has 2 unspecified atom stereocenters. The number of hydrogen-bond donors (Lipinski definition) is 8. The first-order chi connectivity index (χ1) is 35.9. The number of rotatable bonds is 24. The highest BCUT2D eigenvalue weighted by atomic mass is 31.3. The second-order valence-corrected chi connectivity index (χ2v) is 22.7. The summed E-state index contributed by atoms with van der Waals surface area (Å²) < 4.78 is 59.3. The maximum absolute atomic E-state index is 13.4. The molecule has 2 saturated heterocycles. The number of aliphatic hydroxyl groups is 5.